The van der Waals surface area contributed by atoms with Crippen molar-refractivity contribution in [3.8, 4) is 21.1 Å². The number of aryl methyl sites for hydroxylation is 2. The average molecular weight is 757 g/mol. The zero-order valence-corrected chi connectivity index (χ0v) is 27.1. The Morgan fingerprint density at radius 2 is 1.09 bits per heavy atom. The number of carbonyl (C=O) groups is 1. The summed E-state index contributed by atoms with van der Waals surface area (Å²) in [6, 6.07) is 5.27. The van der Waals surface area contributed by atoms with Gasteiger partial charge in [-0.05, 0) is 38.1 Å². The predicted octanol–water partition coefficient (Wildman–Crippen LogP) is 6.73. The Morgan fingerprint density at radius 3 is 1.41 bits per heavy atom. The fourth-order valence-electron chi connectivity index (χ4n) is 3.52. The molecular weight excluding hydrogens is 728 g/mol. The van der Waals surface area contributed by atoms with Gasteiger partial charge < -0.3 is 11.3 Å². The Kier molecular flexibility index (Phi) is 11.9. The van der Waals surface area contributed by atoms with E-state index in [1.165, 1.54) is 18.4 Å². The molecule has 1 N–H and O–H groups in total. The molecule has 0 aliphatic heterocycles. The van der Waals surface area contributed by atoms with Crippen LogP contribution in [0, 0.1) is 13.8 Å². The number of methoxy groups -OCH3 is 1. The molecule has 0 saturated heterocycles. The van der Waals surface area contributed by atoms with Crippen molar-refractivity contribution in [2.45, 2.75) is 36.5 Å². The number of aliphatic hydroxyl groups excluding tert-OH is 1. The molecule has 0 radical (unpaired) electrons. The molecule has 0 aliphatic carbocycles. The van der Waals surface area contributed by atoms with Gasteiger partial charge in [-0.2, -0.15) is 0 Å². The molecule has 0 amide bonds. The number of hydrogen-bond donors (Lipinski definition) is 1. The normalized spacial score (nSPS) is 14.6. The second kappa shape index (κ2) is 12.9. The van der Waals surface area contributed by atoms with Crippen molar-refractivity contribution >= 4 is 66.5 Å². The molecule has 0 atom stereocenters. The van der Waals surface area contributed by atoms with Crippen LogP contribution in [-0.2, 0) is 22.4 Å². The summed E-state index contributed by atoms with van der Waals surface area (Å²) in [6.07, 6.45) is 0.272. The number of rotatable bonds is 8. The zero-order chi connectivity index (χ0) is 33.5. The number of aromatic nitrogens is 2. The minimum atomic E-state index is -9.67. The van der Waals surface area contributed by atoms with Crippen LogP contribution in [0.25, 0.3) is 21.1 Å². The first-order valence-electron chi connectivity index (χ1n) is 12.0. The summed E-state index contributed by atoms with van der Waals surface area (Å²) in [6.45, 7) is 3.38. The van der Waals surface area contributed by atoms with Crippen LogP contribution < -0.4 is 18.9 Å². The number of esters is 1. The third-order valence-corrected chi connectivity index (χ3v) is 10.2. The molecule has 0 saturated carbocycles. The summed E-state index contributed by atoms with van der Waals surface area (Å²) in [5.74, 6) is -0.499. The van der Waals surface area contributed by atoms with Crippen molar-refractivity contribution in [1.29, 1.82) is 0 Å². The molecule has 2 aromatic heterocycles. The molecule has 254 valence electrons. The van der Waals surface area contributed by atoms with E-state index in [4.69, 9.17) is 5.11 Å². The summed E-state index contributed by atoms with van der Waals surface area (Å²) in [4.78, 5) is 17.3. The van der Waals surface area contributed by atoms with Gasteiger partial charge in [0.1, 0.15) is 19.8 Å². The number of nitrogens with zero attached hydrogens (tertiary/aromatic N) is 2. The van der Waals surface area contributed by atoms with E-state index in [0.717, 1.165) is 40.5 Å². The maximum Gasteiger partial charge on any atom is 1.00 e. The monoisotopic (exact) mass is 756 g/mol. The van der Waals surface area contributed by atoms with Gasteiger partial charge in [-0.1, -0.05) is 63.1 Å². The van der Waals surface area contributed by atoms with E-state index in [1.54, 1.807) is 13.8 Å². The molecule has 2 heterocycles. The van der Waals surface area contributed by atoms with Gasteiger partial charge in [0.05, 0.1) is 24.9 Å². The second-order valence-corrected chi connectivity index (χ2v) is 16.5. The first-order chi connectivity index (χ1) is 19.7. The molecule has 0 aliphatic rings. The molecule has 5 nitrogen and oxygen atoms in total. The molecule has 0 unspecified atom stereocenters. The van der Waals surface area contributed by atoms with Crippen LogP contribution in [0.5, 0.6) is 0 Å². The third-order valence-electron chi connectivity index (χ3n) is 5.77. The molecule has 0 fully saturated rings. The maximum absolute atomic E-state index is 12.7. The van der Waals surface area contributed by atoms with Gasteiger partial charge in [0, 0.05) is 33.9 Å². The molecule has 4 aromatic rings. The molecule has 4 rings (SSSR count). The van der Waals surface area contributed by atoms with Gasteiger partial charge >= 0.3 is 45.3 Å². The zero-order valence-electron chi connectivity index (χ0n) is 24.8. The van der Waals surface area contributed by atoms with Crippen molar-refractivity contribution in [3.05, 3.63) is 69.7 Å². The van der Waals surface area contributed by atoms with E-state index < -0.39 is 36.2 Å². The van der Waals surface area contributed by atoms with Crippen molar-refractivity contribution in [3.63, 3.8) is 0 Å². The Hall–Kier alpha value is -1.74. The van der Waals surface area contributed by atoms with E-state index in [2.05, 4.69) is 14.7 Å². The third kappa shape index (κ3) is 11.5. The summed E-state index contributed by atoms with van der Waals surface area (Å²) in [5.41, 5.74) is 1.68. The summed E-state index contributed by atoms with van der Waals surface area (Å²) >= 11 is 2.39. The quantitative estimate of drug-likeness (QED) is 0.123. The Balaban J connectivity index is 0.000000849. The van der Waals surface area contributed by atoms with Crippen molar-refractivity contribution in [2.75, 3.05) is 13.7 Å². The second-order valence-electron chi connectivity index (χ2n) is 9.26. The van der Waals surface area contributed by atoms with Crippen LogP contribution in [0.15, 0.2) is 58.3 Å². The van der Waals surface area contributed by atoms with Gasteiger partial charge in [-0.25, -0.2) is 9.97 Å². The molecule has 0 bridgehead atoms. The molecule has 0 spiro atoms. The van der Waals surface area contributed by atoms with Crippen molar-refractivity contribution < 1.29 is 73.8 Å². The van der Waals surface area contributed by atoms with Crippen molar-refractivity contribution in [2.24, 2.45) is 0 Å². The molecule has 46 heavy (non-hydrogen) atoms. The predicted molar refractivity (Wildman–Crippen MR) is 165 cm³/mol. The van der Waals surface area contributed by atoms with E-state index in [-0.39, 0.29) is 56.2 Å². The van der Waals surface area contributed by atoms with E-state index in [0.29, 0.717) is 62.5 Å². The number of ether oxygens (including phenoxy) is 1. The first kappa shape index (κ1) is 42.3. The summed E-state index contributed by atoms with van der Waals surface area (Å²) < 4.78 is 131. The SMILES string of the molecule is COC(=O)Cc1nc(-c2ccc(S(F)(F)(F)(F)F)cc2)sc1C.Cc1sc(-c2ccc(S(F)(F)(F)(F)F)cc2)nc1CCO.[AlH3].[H-].[Li+]. The van der Waals surface area contributed by atoms with Crippen LogP contribution in [-0.4, -0.2) is 52.1 Å². The minimum absolute atomic E-state index is 0. The molecule has 21 heteroatoms. The van der Waals surface area contributed by atoms with Crippen molar-refractivity contribution in [1.82, 2.24) is 9.97 Å². The van der Waals surface area contributed by atoms with Gasteiger partial charge in [0.25, 0.3) is 0 Å². The number of carbonyl (C=O) groups excluding carboxylic acids is 1. The topological polar surface area (TPSA) is 72.3 Å². The Morgan fingerprint density at radius 1 is 0.739 bits per heavy atom. The van der Waals surface area contributed by atoms with Gasteiger partial charge in [-0.3, -0.25) is 4.79 Å². The standard InChI is InChI=1S/C13H12F5NO2S2.C12H12F5NOS2.Al.Li.4H/c1-8-11(7-12(20)21-2)19-13(22-8)9-3-5-10(6-4-9)23(14,15,16,17)18;1-8-11(6-7-19)18-12(20-8)9-2-4-10(5-3-9)21(13,14,15,16)17;;;;;;/h3-6H,7H2,1-2H3;2-5,19H,6-7H2,1H3;;;;;;/q;;;+1;;;;-1. The van der Waals surface area contributed by atoms with Gasteiger partial charge in [-0.15, -0.1) is 22.7 Å². The molecular formula is C25H28AlF10LiN2O3S4. The largest absolute Gasteiger partial charge is 1.00 e. The van der Waals surface area contributed by atoms with Gasteiger partial charge in [0.15, 0.2) is 17.4 Å². The van der Waals surface area contributed by atoms with E-state index in [1.807, 2.05) is 0 Å². The summed E-state index contributed by atoms with van der Waals surface area (Å²) in [7, 11) is -18.1. The number of hydrogen-bond acceptors (Lipinski definition) is 7. The van der Waals surface area contributed by atoms with E-state index >= 15 is 0 Å². The number of halogens is 10. The van der Waals surface area contributed by atoms with Crippen LogP contribution in [0.3, 0.4) is 0 Å². The number of benzene rings is 2. The summed E-state index contributed by atoms with van der Waals surface area (Å²) in [5, 5.41) is 9.64. The van der Waals surface area contributed by atoms with E-state index in [9.17, 15) is 43.7 Å². The minimum Gasteiger partial charge on any atom is -1.00 e. The van der Waals surface area contributed by atoms with Crippen LogP contribution in [0.4, 0.5) is 38.9 Å². The smallest absolute Gasteiger partial charge is 1.00 e. The molecule has 2 aromatic carbocycles. The average Bonchev–Trinajstić information content (AvgIpc) is 3.44. The number of thiazole rings is 2. The van der Waals surface area contributed by atoms with Crippen LogP contribution in [0.2, 0.25) is 0 Å². The first-order valence-corrected chi connectivity index (χ1v) is 17.5. The van der Waals surface area contributed by atoms with Crippen LogP contribution in [0.1, 0.15) is 22.6 Å². The maximum atomic E-state index is 12.7. The Labute approximate surface area is 289 Å². The van der Waals surface area contributed by atoms with Crippen LogP contribution >= 0.6 is 43.1 Å². The van der Waals surface area contributed by atoms with Gasteiger partial charge in [0.2, 0.25) is 0 Å². The Bertz CT molecular complexity index is 1690. The fourth-order valence-corrected chi connectivity index (χ4v) is 6.72. The number of aliphatic hydroxyl groups is 1. The fraction of sp³-hybridized carbons (Fsp3) is 0.240.